The first-order chi connectivity index (χ1) is 10.5. The second-order valence-electron chi connectivity index (χ2n) is 4.36. The molecular weight excluding hydrogens is 350 g/mol. The number of benzene rings is 2. The van der Waals surface area contributed by atoms with Gasteiger partial charge in [-0.05, 0) is 42.5 Å². The van der Waals surface area contributed by atoms with Gasteiger partial charge in [-0.2, -0.15) is 0 Å². The van der Waals surface area contributed by atoms with Gasteiger partial charge in [0.25, 0.3) is 5.91 Å². The lowest BCUT2D eigenvalue weighted by Gasteiger charge is -2.11. The largest absolute Gasteiger partial charge is 0.497 e. The molecule has 0 saturated heterocycles. The number of hydrogen-bond acceptors (Lipinski definition) is 4. The van der Waals surface area contributed by atoms with Crippen molar-refractivity contribution in [2.75, 3.05) is 19.5 Å². The lowest BCUT2D eigenvalue weighted by Crippen LogP contribution is -2.15. The molecule has 0 aliphatic carbocycles. The number of hydrogen-bond donors (Lipinski definition) is 1. The van der Waals surface area contributed by atoms with Gasteiger partial charge in [-0.1, -0.05) is 15.9 Å². The molecule has 2 aromatic rings. The Balaban J connectivity index is 2.30. The van der Waals surface area contributed by atoms with Crippen molar-refractivity contribution in [3.05, 3.63) is 58.1 Å². The molecule has 2 rings (SSSR count). The maximum atomic E-state index is 12.2. The highest BCUT2D eigenvalue weighted by atomic mass is 79.9. The van der Waals surface area contributed by atoms with Crippen LogP contribution in [0.4, 0.5) is 5.69 Å². The van der Waals surface area contributed by atoms with Gasteiger partial charge >= 0.3 is 5.97 Å². The fraction of sp³-hybridized carbons (Fsp3) is 0.125. The molecule has 0 bridgehead atoms. The normalized spacial score (nSPS) is 9.95. The van der Waals surface area contributed by atoms with Crippen LogP contribution in [0.3, 0.4) is 0 Å². The van der Waals surface area contributed by atoms with E-state index in [1.165, 1.54) is 20.3 Å². The number of esters is 1. The summed E-state index contributed by atoms with van der Waals surface area (Å²) >= 11 is 3.31. The van der Waals surface area contributed by atoms with Crippen molar-refractivity contribution in [3.8, 4) is 5.75 Å². The number of methoxy groups -OCH3 is 2. The molecule has 2 aromatic carbocycles. The van der Waals surface area contributed by atoms with E-state index in [0.717, 1.165) is 4.47 Å². The summed E-state index contributed by atoms with van der Waals surface area (Å²) < 4.78 is 10.7. The number of anilines is 1. The van der Waals surface area contributed by atoms with Gasteiger partial charge in [0.05, 0.1) is 25.5 Å². The fourth-order valence-corrected chi connectivity index (χ4v) is 2.10. The van der Waals surface area contributed by atoms with Gasteiger partial charge in [0, 0.05) is 10.0 Å². The summed E-state index contributed by atoms with van der Waals surface area (Å²) in [5, 5.41) is 2.70. The summed E-state index contributed by atoms with van der Waals surface area (Å²) in [7, 11) is 2.78. The van der Waals surface area contributed by atoms with Crippen LogP contribution in [0.25, 0.3) is 0 Å². The fourth-order valence-electron chi connectivity index (χ4n) is 1.83. The Bertz CT molecular complexity index is 698. The summed E-state index contributed by atoms with van der Waals surface area (Å²) in [6.45, 7) is 0. The minimum absolute atomic E-state index is 0.229. The van der Waals surface area contributed by atoms with Crippen LogP contribution >= 0.6 is 15.9 Å². The number of amides is 1. The number of ether oxygens (including phenoxy) is 2. The lowest BCUT2D eigenvalue weighted by atomic mass is 10.1. The van der Waals surface area contributed by atoms with Gasteiger partial charge in [0.2, 0.25) is 0 Å². The molecule has 0 fully saturated rings. The molecule has 0 unspecified atom stereocenters. The zero-order valence-corrected chi connectivity index (χ0v) is 13.6. The monoisotopic (exact) mass is 363 g/mol. The molecule has 1 N–H and O–H groups in total. The molecule has 22 heavy (non-hydrogen) atoms. The van der Waals surface area contributed by atoms with Crippen LogP contribution in [-0.4, -0.2) is 26.1 Å². The summed E-state index contributed by atoms with van der Waals surface area (Å²) in [4.78, 5) is 24.1. The van der Waals surface area contributed by atoms with E-state index in [0.29, 0.717) is 17.0 Å². The predicted octanol–water partition coefficient (Wildman–Crippen LogP) is 3.50. The molecule has 0 aliphatic heterocycles. The van der Waals surface area contributed by atoms with E-state index in [4.69, 9.17) is 9.47 Å². The Morgan fingerprint density at radius 3 is 2.32 bits per heavy atom. The van der Waals surface area contributed by atoms with Crippen molar-refractivity contribution in [2.24, 2.45) is 0 Å². The Morgan fingerprint density at radius 2 is 1.73 bits per heavy atom. The molecule has 0 heterocycles. The van der Waals surface area contributed by atoms with Crippen LogP contribution in [0.5, 0.6) is 5.75 Å². The number of carbonyl (C=O) groups is 2. The zero-order chi connectivity index (χ0) is 16.1. The summed E-state index contributed by atoms with van der Waals surface area (Å²) in [6, 6.07) is 11.7. The first-order valence-corrected chi connectivity index (χ1v) is 7.17. The van der Waals surface area contributed by atoms with Crippen LogP contribution < -0.4 is 10.1 Å². The van der Waals surface area contributed by atoms with Crippen LogP contribution in [0.15, 0.2) is 46.9 Å². The molecule has 0 radical (unpaired) electrons. The second kappa shape index (κ2) is 7.09. The molecule has 0 aliphatic rings. The zero-order valence-electron chi connectivity index (χ0n) is 12.1. The number of halogens is 1. The molecule has 6 heteroatoms. The predicted molar refractivity (Wildman–Crippen MR) is 86.4 cm³/mol. The van der Waals surface area contributed by atoms with Crippen molar-refractivity contribution in [2.45, 2.75) is 0 Å². The van der Waals surface area contributed by atoms with Crippen molar-refractivity contribution in [1.82, 2.24) is 0 Å². The Hall–Kier alpha value is -2.34. The molecule has 114 valence electrons. The highest BCUT2D eigenvalue weighted by molar-refractivity contribution is 9.10. The molecule has 0 atom stereocenters. The SMILES string of the molecule is COC(=O)c1cc(OC)ccc1NC(=O)c1ccc(Br)cc1. The van der Waals surface area contributed by atoms with Gasteiger partial charge in [-0.3, -0.25) is 4.79 Å². The van der Waals surface area contributed by atoms with E-state index in [-0.39, 0.29) is 11.5 Å². The Morgan fingerprint density at radius 1 is 1.05 bits per heavy atom. The average molecular weight is 364 g/mol. The van der Waals surface area contributed by atoms with Crippen LogP contribution in [0, 0.1) is 0 Å². The van der Waals surface area contributed by atoms with Crippen molar-refractivity contribution in [1.29, 1.82) is 0 Å². The minimum atomic E-state index is -0.551. The first-order valence-electron chi connectivity index (χ1n) is 6.38. The van der Waals surface area contributed by atoms with E-state index in [9.17, 15) is 9.59 Å². The standard InChI is InChI=1S/C16H14BrNO4/c1-21-12-7-8-14(13(9-12)16(20)22-2)18-15(19)10-3-5-11(17)6-4-10/h3-9H,1-2H3,(H,18,19). The molecular formula is C16H14BrNO4. The topological polar surface area (TPSA) is 64.6 Å². The van der Waals surface area contributed by atoms with E-state index in [2.05, 4.69) is 21.2 Å². The van der Waals surface area contributed by atoms with Gasteiger partial charge in [-0.25, -0.2) is 4.79 Å². The van der Waals surface area contributed by atoms with Crippen molar-refractivity contribution >= 4 is 33.5 Å². The second-order valence-corrected chi connectivity index (χ2v) is 5.28. The maximum absolute atomic E-state index is 12.2. The summed E-state index contributed by atoms with van der Waals surface area (Å²) in [5.41, 5.74) is 1.07. The van der Waals surface area contributed by atoms with Crippen LogP contribution in [0.1, 0.15) is 20.7 Å². The van der Waals surface area contributed by atoms with Gasteiger partial charge in [0.1, 0.15) is 5.75 Å². The molecule has 0 aromatic heterocycles. The lowest BCUT2D eigenvalue weighted by molar-refractivity contribution is 0.0601. The van der Waals surface area contributed by atoms with E-state index < -0.39 is 5.97 Å². The smallest absolute Gasteiger partial charge is 0.340 e. The third kappa shape index (κ3) is 3.65. The van der Waals surface area contributed by atoms with Crippen LogP contribution in [0.2, 0.25) is 0 Å². The van der Waals surface area contributed by atoms with E-state index in [1.54, 1.807) is 36.4 Å². The van der Waals surface area contributed by atoms with Gasteiger partial charge < -0.3 is 14.8 Å². The quantitative estimate of drug-likeness (QED) is 0.844. The molecule has 0 spiro atoms. The highest BCUT2D eigenvalue weighted by Gasteiger charge is 2.16. The van der Waals surface area contributed by atoms with E-state index >= 15 is 0 Å². The van der Waals surface area contributed by atoms with Gasteiger partial charge in [0.15, 0.2) is 0 Å². The third-order valence-electron chi connectivity index (χ3n) is 2.99. The molecule has 5 nitrogen and oxygen atoms in total. The maximum Gasteiger partial charge on any atom is 0.340 e. The number of nitrogens with one attached hydrogen (secondary N) is 1. The van der Waals surface area contributed by atoms with E-state index in [1.807, 2.05) is 0 Å². The summed E-state index contributed by atoms with van der Waals surface area (Å²) in [5.74, 6) is -0.366. The van der Waals surface area contributed by atoms with Gasteiger partial charge in [-0.15, -0.1) is 0 Å². The number of carbonyl (C=O) groups excluding carboxylic acids is 2. The molecule has 0 saturated carbocycles. The first kappa shape index (κ1) is 16.0. The average Bonchev–Trinajstić information content (AvgIpc) is 2.55. The Labute approximate surface area is 136 Å². The third-order valence-corrected chi connectivity index (χ3v) is 3.52. The highest BCUT2D eigenvalue weighted by Crippen LogP contribution is 2.23. The minimum Gasteiger partial charge on any atom is -0.497 e. The van der Waals surface area contributed by atoms with Crippen LogP contribution in [-0.2, 0) is 4.74 Å². The summed E-state index contributed by atoms with van der Waals surface area (Å²) in [6.07, 6.45) is 0. The molecule has 1 amide bonds. The van der Waals surface area contributed by atoms with Crippen molar-refractivity contribution < 1.29 is 19.1 Å². The Kier molecular flexibility index (Phi) is 5.16. The number of rotatable bonds is 4. The van der Waals surface area contributed by atoms with Crippen molar-refractivity contribution in [3.63, 3.8) is 0 Å².